The first kappa shape index (κ1) is 18.7. The maximum absolute atomic E-state index is 10.1. The Balaban J connectivity index is 1.40. The van der Waals surface area contributed by atoms with Gasteiger partial charge in [-0.1, -0.05) is 0 Å². The number of hydrogen-bond acceptors (Lipinski definition) is 8. The smallest absolute Gasteiger partial charge is 0.223 e. The number of nitrogen functional groups attached to an aromatic ring is 1. The molecule has 1 aromatic carbocycles. The molecule has 0 bridgehead atoms. The molecule has 0 amide bonds. The second kappa shape index (κ2) is 6.60. The molecule has 1 aliphatic rings. The Bertz CT molecular complexity index is 1240. The maximum Gasteiger partial charge on any atom is 0.223 e. The van der Waals surface area contributed by atoms with Crippen molar-refractivity contribution in [3.63, 3.8) is 0 Å². The molecule has 30 heavy (non-hydrogen) atoms. The number of rotatable bonds is 4. The summed E-state index contributed by atoms with van der Waals surface area (Å²) in [5.41, 5.74) is 7.31. The third kappa shape index (κ3) is 3.02. The molecule has 1 saturated carbocycles. The van der Waals surface area contributed by atoms with Gasteiger partial charge in [-0.2, -0.15) is 4.52 Å². The number of nitrogens with zero attached hydrogens (tertiary/aromatic N) is 6. The highest BCUT2D eigenvalue weighted by molar-refractivity contribution is 5.93. The highest BCUT2D eigenvalue weighted by Crippen LogP contribution is 2.45. The largest absolute Gasteiger partial charge is 0.497 e. The zero-order valence-corrected chi connectivity index (χ0v) is 17.1. The summed E-state index contributed by atoms with van der Waals surface area (Å²) in [4.78, 5) is 18.1. The number of aliphatic hydroxyl groups is 1. The van der Waals surface area contributed by atoms with Crippen molar-refractivity contribution in [2.45, 2.75) is 44.1 Å². The van der Waals surface area contributed by atoms with Gasteiger partial charge in [-0.15, -0.1) is 5.10 Å². The minimum atomic E-state index is -0.943. The van der Waals surface area contributed by atoms with Gasteiger partial charge in [0, 0.05) is 41.2 Å². The third-order valence-electron chi connectivity index (χ3n) is 5.77. The Kier molecular flexibility index (Phi) is 4.11. The second-order valence-corrected chi connectivity index (χ2v) is 8.31. The van der Waals surface area contributed by atoms with E-state index in [4.69, 9.17) is 15.5 Å². The monoisotopic (exact) mass is 405 g/mol. The molecule has 9 heteroatoms. The summed E-state index contributed by atoms with van der Waals surface area (Å²) < 4.78 is 6.88. The first-order valence-electron chi connectivity index (χ1n) is 9.88. The van der Waals surface area contributed by atoms with Gasteiger partial charge >= 0.3 is 0 Å². The molecule has 0 spiro atoms. The van der Waals surface area contributed by atoms with Gasteiger partial charge in [0.2, 0.25) is 5.95 Å². The topological polar surface area (TPSA) is 124 Å². The van der Waals surface area contributed by atoms with Gasteiger partial charge in [-0.25, -0.2) is 19.9 Å². The molecule has 3 N–H and O–H groups in total. The van der Waals surface area contributed by atoms with Gasteiger partial charge in [0.05, 0.1) is 18.2 Å². The molecular weight excluding hydrogens is 382 g/mol. The minimum absolute atomic E-state index is 0.222. The number of benzene rings is 1. The Morgan fingerprint density at radius 3 is 2.47 bits per heavy atom. The van der Waals surface area contributed by atoms with Gasteiger partial charge in [-0.05, 0) is 38.8 Å². The van der Waals surface area contributed by atoms with Crippen LogP contribution in [0.25, 0.3) is 16.6 Å². The molecule has 0 radical (unpaired) electrons. The molecule has 0 aliphatic heterocycles. The third-order valence-corrected chi connectivity index (χ3v) is 5.77. The van der Waals surface area contributed by atoms with Crippen molar-refractivity contribution in [2.24, 2.45) is 0 Å². The Hall–Kier alpha value is -3.33. The Morgan fingerprint density at radius 1 is 1.10 bits per heavy atom. The maximum atomic E-state index is 10.1. The van der Waals surface area contributed by atoms with Crippen molar-refractivity contribution in [3.8, 4) is 5.75 Å². The molecule has 0 atom stereocenters. The van der Waals surface area contributed by atoms with Crippen molar-refractivity contribution in [1.82, 2.24) is 29.5 Å². The van der Waals surface area contributed by atoms with Crippen molar-refractivity contribution >= 4 is 22.5 Å². The van der Waals surface area contributed by atoms with E-state index in [1.54, 1.807) is 37.9 Å². The second-order valence-electron chi connectivity index (χ2n) is 8.31. The van der Waals surface area contributed by atoms with Crippen molar-refractivity contribution in [2.75, 3.05) is 12.8 Å². The number of fused-ring (bicyclic) bond motifs is 3. The summed E-state index contributed by atoms with van der Waals surface area (Å²) in [5, 5.41) is 15.5. The molecule has 1 fully saturated rings. The SMILES string of the molecule is COc1ccc2c(c1)nc(N)n1nc([C@H]3C[C@H](c4ncc(C(C)(C)O)cn4)C3)nc21. The van der Waals surface area contributed by atoms with Gasteiger partial charge in [0.25, 0.3) is 0 Å². The van der Waals surface area contributed by atoms with E-state index in [0.717, 1.165) is 41.1 Å². The van der Waals surface area contributed by atoms with E-state index < -0.39 is 5.60 Å². The van der Waals surface area contributed by atoms with Crippen molar-refractivity contribution in [1.29, 1.82) is 0 Å². The lowest BCUT2D eigenvalue weighted by atomic mass is 9.74. The van der Waals surface area contributed by atoms with Crippen LogP contribution in [0.3, 0.4) is 0 Å². The highest BCUT2D eigenvalue weighted by atomic mass is 16.5. The first-order chi connectivity index (χ1) is 14.3. The normalized spacial score (nSPS) is 19.2. The quantitative estimate of drug-likeness (QED) is 0.531. The number of hydrogen-bond donors (Lipinski definition) is 2. The summed E-state index contributed by atoms with van der Waals surface area (Å²) >= 11 is 0. The predicted molar refractivity (Wildman–Crippen MR) is 111 cm³/mol. The molecule has 9 nitrogen and oxygen atoms in total. The van der Waals surface area contributed by atoms with Gasteiger partial charge in [-0.3, -0.25) is 0 Å². The number of nitrogens with two attached hydrogens (primary N) is 1. The summed E-state index contributed by atoms with van der Waals surface area (Å²) in [6, 6.07) is 5.65. The Labute approximate surface area is 173 Å². The van der Waals surface area contributed by atoms with Crippen LogP contribution < -0.4 is 10.5 Å². The van der Waals surface area contributed by atoms with Crippen LogP contribution in [0.5, 0.6) is 5.75 Å². The van der Waals surface area contributed by atoms with Crippen LogP contribution in [0.2, 0.25) is 0 Å². The van der Waals surface area contributed by atoms with Gasteiger partial charge in [0.1, 0.15) is 11.6 Å². The van der Waals surface area contributed by atoms with Gasteiger partial charge < -0.3 is 15.6 Å². The van der Waals surface area contributed by atoms with E-state index in [-0.39, 0.29) is 11.8 Å². The van der Waals surface area contributed by atoms with E-state index in [2.05, 4.69) is 20.1 Å². The van der Waals surface area contributed by atoms with E-state index in [9.17, 15) is 5.11 Å². The van der Waals surface area contributed by atoms with E-state index in [0.29, 0.717) is 17.2 Å². The van der Waals surface area contributed by atoms with Crippen LogP contribution in [0.1, 0.15) is 55.7 Å². The molecule has 5 rings (SSSR count). The molecule has 3 heterocycles. The fourth-order valence-corrected chi connectivity index (χ4v) is 3.83. The molecule has 0 unspecified atom stereocenters. The van der Waals surface area contributed by atoms with E-state index in [1.165, 1.54) is 0 Å². The molecule has 4 aromatic rings. The number of ether oxygens (including phenoxy) is 1. The number of anilines is 1. The average Bonchev–Trinajstić information content (AvgIpc) is 3.12. The zero-order valence-electron chi connectivity index (χ0n) is 17.1. The van der Waals surface area contributed by atoms with E-state index in [1.807, 2.05) is 18.2 Å². The van der Waals surface area contributed by atoms with Crippen LogP contribution in [0, 0.1) is 0 Å². The summed E-state index contributed by atoms with van der Waals surface area (Å²) in [7, 11) is 1.62. The number of aromatic nitrogens is 6. The standard InChI is InChI=1S/C21H23N7O2/c1-21(2,29)13-9-23-17(24-10-13)11-6-12(7-11)18-26-19-15-5-4-14(30-3)8-16(15)25-20(22)28(19)27-18/h4-5,8-12,29H,6-7H2,1-3H3,(H2,22,25)/t11-,12-. The van der Waals surface area contributed by atoms with Gasteiger partial charge in [0.15, 0.2) is 11.5 Å². The van der Waals surface area contributed by atoms with Crippen LogP contribution >= 0.6 is 0 Å². The molecule has 0 saturated heterocycles. The van der Waals surface area contributed by atoms with Crippen LogP contribution in [0.15, 0.2) is 30.6 Å². The average molecular weight is 405 g/mol. The lowest BCUT2D eigenvalue weighted by Gasteiger charge is -2.32. The fraction of sp³-hybridized carbons (Fsp3) is 0.381. The Morgan fingerprint density at radius 2 is 1.80 bits per heavy atom. The summed E-state index contributed by atoms with van der Waals surface area (Å²) in [6.07, 6.45) is 5.15. The van der Waals surface area contributed by atoms with Crippen LogP contribution in [0.4, 0.5) is 5.95 Å². The van der Waals surface area contributed by atoms with Crippen LogP contribution in [-0.2, 0) is 5.60 Å². The highest BCUT2D eigenvalue weighted by Gasteiger charge is 2.36. The zero-order chi connectivity index (χ0) is 21.0. The number of methoxy groups -OCH3 is 1. The molecule has 3 aromatic heterocycles. The first-order valence-corrected chi connectivity index (χ1v) is 9.88. The predicted octanol–water partition coefficient (Wildman–Crippen LogP) is 2.55. The molecular formula is C21H23N7O2. The summed E-state index contributed by atoms with van der Waals surface area (Å²) in [6.45, 7) is 3.44. The van der Waals surface area contributed by atoms with E-state index >= 15 is 0 Å². The lowest BCUT2D eigenvalue weighted by molar-refractivity contribution is 0.0776. The van der Waals surface area contributed by atoms with Crippen molar-refractivity contribution in [3.05, 3.63) is 47.8 Å². The molecule has 154 valence electrons. The van der Waals surface area contributed by atoms with Crippen molar-refractivity contribution < 1.29 is 9.84 Å². The minimum Gasteiger partial charge on any atom is -0.497 e. The summed E-state index contributed by atoms with van der Waals surface area (Å²) in [5.74, 6) is 3.05. The lowest BCUT2D eigenvalue weighted by Crippen LogP contribution is -2.24. The van der Waals surface area contributed by atoms with Crippen LogP contribution in [-0.4, -0.2) is 41.8 Å². The fourth-order valence-electron chi connectivity index (χ4n) is 3.83. The molecule has 1 aliphatic carbocycles.